The summed E-state index contributed by atoms with van der Waals surface area (Å²) in [4.78, 5) is 23.0. The number of rotatable bonds is 8. The molecular weight excluding hydrogens is 338 g/mol. The average molecular weight is 358 g/mol. The molecule has 0 saturated carbocycles. The summed E-state index contributed by atoms with van der Waals surface area (Å²) in [6.45, 7) is 2.72. The molecule has 0 radical (unpaired) electrons. The largest absolute Gasteiger partial charge is 0.483 e. The highest BCUT2D eigenvalue weighted by Crippen LogP contribution is 2.26. The molecule has 21 heavy (non-hydrogen) atoms. The second kappa shape index (κ2) is 9.39. The van der Waals surface area contributed by atoms with Crippen LogP contribution < -0.4 is 10.1 Å². The van der Waals surface area contributed by atoms with Gasteiger partial charge in [-0.3, -0.25) is 4.79 Å². The van der Waals surface area contributed by atoms with Gasteiger partial charge in [-0.15, -0.1) is 0 Å². The van der Waals surface area contributed by atoms with E-state index >= 15 is 0 Å². The molecule has 1 aromatic carbocycles. The first kappa shape index (κ1) is 17.5. The van der Waals surface area contributed by atoms with Crippen molar-refractivity contribution >= 4 is 27.8 Å². The van der Waals surface area contributed by atoms with Crippen LogP contribution in [0.1, 0.15) is 36.5 Å². The zero-order valence-corrected chi connectivity index (χ0v) is 13.9. The van der Waals surface area contributed by atoms with Crippen LogP contribution in [-0.2, 0) is 9.53 Å². The number of hydrogen-bond acceptors (Lipinski definition) is 4. The molecule has 0 unspecified atom stereocenters. The number of halogens is 1. The van der Waals surface area contributed by atoms with Gasteiger partial charge < -0.3 is 14.8 Å². The summed E-state index contributed by atoms with van der Waals surface area (Å²) in [6.07, 6.45) is 3.19. The first-order chi connectivity index (χ1) is 10.1. The summed E-state index contributed by atoms with van der Waals surface area (Å²) < 4.78 is 10.6. The van der Waals surface area contributed by atoms with Crippen LogP contribution in [0.4, 0.5) is 0 Å². The van der Waals surface area contributed by atoms with E-state index in [0.29, 0.717) is 22.3 Å². The Balaban J connectivity index is 2.45. The highest BCUT2D eigenvalue weighted by atomic mass is 79.9. The number of carbonyl (C=O) groups excluding carboxylic acids is 2. The van der Waals surface area contributed by atoms with E-state index in [1.54, 1.807) is 18.2 Å². The monoisotopic (exact) mass is 357 g/mol. The lowest BCUT2D eigenvalue weighted by molar-refractivity contribution is -0.123. The van der Waals surface area contributed by atoms with Crippen LogP contribution in [0.2, 0.25) is 0 Å². The van der Waals surface area contributed by atoms with Crippen molar-refractivity contribution in [2.24, 2.45) is 0 Å². The second-order valence-electron chi connectivity index (χ2n) is 4.48. The number of carbonyl (C=O) groups is 2. The van der Waals surface area contributed by atoms with Gasteiger partial charge in [0.1, 0.15) is 5.75 Å². The molecule has 5 nitrogen and oxygen atoms in total. The second-order valence-corrected chi connectivity index (χ2v) is 5.34. The van der Waals surface area contributed by atoms with Crippen LogP contribution in [0.3, 0.4) is 0 Å². The maximum Gasteiger partial charge on any atom is 0.337 e. The molecule has 6 heteroatoms. The summed E-state index contributed by atoms with van der Waals surface area (Å²) >= 11 is 3.30. The molecule has 0 aliphatic carbocycles. The molecule has 0 aliphatic heterocycles. The fourth-order valence-electron chi connectivity index (χ4n) is 1.66. The van der Waals surface area contributed by atoms with Gasteiger partial charge in [0.05, 0.1) is 17.1 Å². The number of benzene rings is 1. The lowest BCUT2D eigenvalue weighted by Crippen LogP contribution is -2.29. The Bertz CT molecular complexity index is 491. The van der Waals surface area contributed by atoms with Crippen molar-refractivity contribution in [2.45, 2.75) is 26.2 Å². The van der Waals surface area contributed by atoms with Gasteiger partial charge in [-0.05, 0) is 40.5 Å². The third-order valence-electron chi connectivity index (χ3n) is 2.81. The Morgan fingerprint density at radius 3 is 2.67 bits per heavy atom. The minimum atomic E-state index is -0.420. The lowest BCUT2D eigenvalue weighted by Gasteiger charge is -2.09. The van der Waals surface area contributed by atoms with Gasteiger partial charge in [-0.25, -0.2) is 4.79 Å². The first-order valence-corrected chi connectivity index (χ1v) is 7.65. The highest BCUT2D eigenvalue weighted by Gasteiger charge is 2.10. The van der Waals surface area contributed by atoms with Crippen LogP contribution >= 0.6 is 15.9 Å². The molecule has 0 saturated heterocycles. The topological polar surface area (TPSA) is 64.6 Å². The van der Waals surface area contributed by atoms with Crippen molar-refractivity contribution < 1.29 is 19.1 Å². The number of nitrogens with one attached hydrogen (secondary N) is 1. The maximum atomic E-state index is 11.6. The lowest BCUT2D eigenvalue weighted by atomic mass is 10.2. The minimum Gasteiger partial charge on any atom is -0.483 e. The van der Waals surface area contributed by atoms with E-state index in [9.17, 15) is 9.59 Å². The summed E-state index contributed by atoms with van der Waals surface area (Å²) in [6, 6.07) is 4.81. The highest BCUT2D eigenvalue weighted by molar-refractivity contribution is 9.10. The fourth-order valence-corrected chi connectivity index (χ4v) is 2.15. The van der Waals surface area contributed by atoms with E-state index < -0.39 is 5.97 Å². The van der Waals surface area contributed by atoms with Crippen LogP contribution in [0, 0.1) is 0 Å². The van der Waals surface area contributed by atoms with E-state index in [-0.39, 0.29) is 12.5 Å². The Kier molecular flexibility index (Phi) is 7.82. The van der Waals surface area contributed by atoms with Crippen LogP contribution in [0.15, 0.2) is 22.7 Å². The summed E-state index contributed by atoms with van der Waals surface area (Å²) in [7, 11) is 1.32. The molecule has 0 aromatic heterocycles. The van der Waals surface area contributed by atoms with Gasteiger partial charge in [-0.2, -0.15) is 0 Å². The van der Waals surface area contributed by atoms with E-state index in [4.69, 9.17) is 4.74 Å². The van der Waals surface area contributed by atoms with Crippen LogP contribution in [0.5, 0.6) is 5.75 Å². The van der Waals surface area contributed by atoms with Crippen molar-refractivity contribution in [3.8, 4) is 5.75 Å². The van der Waals surface area contributed by atoms with E-state index in [1.807, 2.05) is 0 Å². The van der Waals surface area contributed by atoms with Crippen molar-refractivity contribution in [2.75, 3.05) is 20.3 Å². The minimum absolute atomic E-state index is 0.0533. The van der Waals surface area contributed by atoms with E-state index in [0.717, 1.165) is 19.3 Å². The van der Waals surface area contributed by atoms with Crippen molar-refractivity contribution in [3.05, 3.63) is 28.2 Å². The zero-order valence-electron chi connectivity index (χ0n) is 12.3. The van der Waals surface area contributed by atoms with Crippen LogP contribution in [-0.4, -0.2) is 32.1 Å². The number of methoxy groups -OCH3 is 1. The summed E-state index contributed by atoms with van der Waals surface area (Å²) in [5.41, 5.74) is 0.417. The van der Waals surface area contributed by atoms with Crippen molar-refractivity contribution in [3.63, 3.8) is 0 Å². The predicted molar refractivity (Wildman–Crippen MR) is 83.5 cm³/mol. The van der Waals surface area contributed by atoms with Gasteiger partial charge in [0.25, 0.3) is 5.91 Å². The number of esters is 1. The molecule has 0 bridgehead atoms. The van der Waals surface area contributed by atoms with Gasteiger partial charge in [0, 0.05) is 6.54 Å². The van der Waals surface area contributed by atoms with Crippen molar-refractivity contribution in [1.82, 2.24) is 5.32 Å². The number of hydrogen-bond donors (Lipinski definition) is 1. The zero-order chi connectivity index (χ0) is 15.7. The Morgan fingerprint density at radius 2 is 2.05 bits per heavy atom. The number of unbranched alkanes of at least 4 members (excludes halogenated alkanes) is 2. The van der Waals surface area contributed by atoms with E-state index in [1.165, 1.54) is 7.11 Å². The molecule has 0 atom stereocenters. The summed E-state index contributed by atoms with van der Waals surface area (Å²) in [5, 5.41) is 2.79. The first-order valence-electron chi connectivity index (χ1n) is 6.85. The number of amides is 1. The molecular formula is C15H20BrNO4. The number of ether oxygens (including phenoxy) is 2. The Morgan fingerprint density at radius 1 is 1.29 bits per heavy atom. The van der Waals surface area contributed by atoms with Gasteiger partial charge in [-0.1, -0.05) is 19.8 Å². The fraction of sp³-hybridized carbons (Fsp3) is 0.467. The predicted octanol–water partition coefficient (Wildman–Crippen LogP) is 2.92. The Hall–Kier alpha value is -1.56. The SMILES string of the molecule is CCCCCNC(=O)COc1ccc(C(=O)OC)cc1Br. The third kappa shape index (κ3) is 6.16. The van der Waals surface area contributed by atoms with Gasteiger partial charge in [0.15, 0.2) is 6.61 Å². The standard InChI is InChI=1S/C15H20BrNO4/c1-3-4-5-8-17-14(18)10-21-13-7-6-11(9-12(13)16)15(19)20-2/h6-7,9H,3-5,8,10H2,1-2H3,(H,17,18). The van der Waals surface area contributed by atoms with Gasteiger partial charge in [0.2, 0.25) is 0 Å². The third-order valence-corrected chi connectivity index (χ3v) is 3.43. The molecule has 1 N–H and O–H groups in total. The molecule has 1 rings (SSSR count). The quantitative estimate of drug-likeness (QED) is 0.573. The summed E-state index contributed by atoms with van der Waals surface area (Å²) in [5.74, 6) is -0.0719. The van der Waals surface area contributed by atoms with Crippen molar-refractivity contribution in [1.29, 1.82) is 0 Å². The smallest absolute Gasteiger partial charge is 0.337 e. The van der Waals surface area contributed by atoms with Gasteiger partial charge >= 0.3 is 5.97 Å². The van der Waals surface area contributed by atoms with Crippen LogP contribution in [0.25, 0.3) is 0 Å². The molecule has 0 spiro atoms. The molecule has 0 aliphatic rings. The van der Waals surface area contributed by atoms with E-state index in [2.05, 4.69) is 32.9 Å². The average Bonchev–Trinajstić information content (AvgIpc) is 2.49. The molecule has 1 aromatic rings. The maximum absolute atomic E-state index is 11.6. The Labute approximate surface area is 133 Å². The molecule has 0 fully saturated rings. The molecule has 116 valence electrons. The normalized spacial score (nSPS) is 10.0. The molecule has 1 amide bonds. The molecule has 0 heterocycles.